The van der Waals surface area contributed by atoms with Crippen molar-refractivity contribution in [3.63, 3.8) is 0 Å². The van der Waals surface area contributed by atoms with Crippen molar-refractivity contribution in [1.29, 1.82) is 0 Å². The quantitative estimate of drug-likeness (QED) is 0.884. The smallest absolute Gasteiger partial charge is 0.271 e. The number of likely N-dealkylation sites (N-methyl/N-ethyl adjacent to an activating group) is 1. The maximum atomic E-state index is 12.7. The lowest BCUT2D eigenvalue weighted by Gasteiger charge is -2.20. The Hall–Kier alpha value is -1.85. The Morgan fingerprint density at radius 1 is 1.45 bits per heavy atom. The number of carbonyl (C=O) groups excluding carboxylic acids is 2. The minimum atomic E-state index is -0.126. The monoisotopic (exact) mass is 319 g/mol. The van der Waals surface area contributed by atoms with Gasteiger partial charge in [-0.2, -0.15) is 0 Å². The number of H-pyrrole nitrogens is 1. The average molecular weight is 320 g/mol. The molecule has 1 amide bonds. The molecule has 22 heavy (non-hydrogen) atoms. The lowest BCUT2D eigenvalue weighted by Crippen LogP contribution is -2.35. The number of halogens is 1. The zero-order chi connectivity index (χ0) is 15.9. The number of hydrogen-bond donors (Lipinski definition) is 1. The zero-order valence-electron chi connectivity index (χ0n) is 12.6. The van der Waals surface area contributed by atoms with Gasteiger partial charge in [0.1, 0.15) is 5.69 Å². The predicted octanol–water partition coefficient (Wildman–Crippen LogP) is 2.41. The molecule has 6 heteroatoms. The van der Waals surface area contributed by atoms with Gasteiger partial charge in [0, 0.05) is 35.1 Å². The van der Waals surface area contributed by atoms with Gasteiger partial charge < -0.3 is 14.8 Å². The summed E-state index contributed by atoms with van der Waals surface area (Å²) in [5.74, 6) is -0.126. The Bertz CT molecular complexity index is 738. The third-order valence-corrected chi connectivity index (χ3v) is 4.55. The van der Waals surface area contributed by atoms with E-state index in [1.165, 1.54) is 0 Å². The molecule has 1 saturated heterocycles. The third kappa shape index (κ3) is 2.51. The fraction of sp³-hybridized carbons (Fsp3) is 0.375. The molecule has 1 fully saturated rings. The van der Waals surface area contributed by atoms with Gasteiger partial charge in [-0.3, -0.25) is 9.59 Å². The van der Waals surface area contributed by atoms with E-state index in [0.29, 0.717) is 40.9 Å². The molecular weight excluding hydrogens is 302 g/mol. The summed E-state index contributed by atoms with van der Waals surface area (Å²) in [6, 6.07) is 5.58. The number of aromatic nitrogens is 1. The molecule has 5 nitrogen and oxygen atoms in total. The first-order valence-corrected chi connectivity index (χ1v) is 7.61. The number of hydrogen-bond acceptors (Lipinski definition) is 3. The van der Waals surface area contributed by atoms with Crippen LogP contribution in [0.15, 0.2) is 18.2 Å². The molecule has 1 N–H and O–H groups in total. The fourth-order valence-electron chi connectivity index (χ4n) is 2.99. The van der Waals surface area contributed by atoms with Crippen LogP contribution in [0.5, 0.6) is 0 Å². The van der Waals surface area contributed by atoms with Crippen LogP contribution in [0.3, 0.4) is 0 Å². The molecule has 1 aromatic heterocycles. The van der Waals surface area contributed by atoms with Crippen LogP contribution >= 0.6 is 11.6 Å². The number of likely N-dealkylation sites (tertiary alicyclic amines) is 1. The maximum Gasteiger partial charge on any atom is 0.271 e. The highest BCUT2D eigenvalue weighted by atomic mass is 35.5. The van der Waals surface area contributed by atoms with Crippen molar-refractivity contribution in [3.05, 3.63) is 34.5 Å². The van der Waals surface area contributed by atoms with Crippen molar-refractivity contribution in [2.24, 2.45) is 0 Å². The predicted molar refractivity (Wildman–Crippen MR) is 86.7 cm³/mol. The summed E-state index contributed by atoms with van der Waals surface area (Å²) in [5, 5.41) is 1.30. The van der Waals surface area contributed by atoms with Crippen LogP contribution in [0.25, 0.3) is 10.9 Å². The van der Waals surface area contributed by atoms with E-state index in [1.807, 2.05) is 14.1 Å². The van der Waals surface area contributed by atoms with Gasteiger partial charge in [0.25, 0.3) is 5.91 Å². The summed E-state index contributed by atoms with van der Waals surface area (Å²) in [6.45, 7) is 1.39. The van der Waals surface area contributed by atoms with Crippen LogP contribution in [0, 0.1) is 0 Å². The van der Waals surface area contributed by atoms with E-state index in [2.05, 4.69) is 9.88 Å². The lowest BCUT2D eigenvalue weighted by molar-refractivity contribution is 0.0775. The number of nitrogens with zero attached hydrogens (tertiary/aromatic N) is 2. The van der Waals surface area contributed by atoms with Gasteiger partial charge in [-0.1, -0.05) is 17.7 Å². The number of fused-ring (bicyclic) bond motifs is 1. The topological polar surface area (TPSA) is 56.4 Å². The van der Waals surface area contributed by atoms with Crippen molar-refractivity contribution < 1.29 is 9.59 Å². The van der Waals surface area contributed by atoms with E-state index >= 15 is 0 Å². The number of carbonyl (C=O) groups is 2. The highest BCUT2D eigenvalue weighted by molar-refractivity contribution is 6.31. The molecule has 2 heterocycles. The first kappa shape index (κ1) is 15.1. The highest BCUT2D eigenvalue weighted by Crippen LogP contribution is 2.26. The van der Waals surface area contributed by atoms with E-state index in [-0.39, 0.29) is 5.91 Å². The molecule has 0 radical (unpaired) electrons. The number of nitrogens with one attached hydrogen (secondary N) is 1. The molecule has 2 aromatic rings. The van der Waals surface area contributed by atoms with Crippen molar-refractivity contribution >= 4 is 34.7 Å². The van der Waals surface area contributed by atoms with Crippen LogP contribution < -0.4 is 0 Å². The van der Waals surface area contributed by atoms with E-state index in [9.17, 15) is 9.59 Å². The minimum Gasteiger partial charge on any atom is -0.350 e. The number of benzene rings is 1. The molecule has 3 rings (SSSR count). The summed E-state index contributed by atoms with van der Waals surface area (Å²) >= 11 is 5.97. The molecule has 0 aliphatic carbocycles. The fourth-order valence-corrected chi connectivity index (χ4v) is 3.16. The van der Waals surface area contributed by atoms with Crippen LogP contribution in [0.2, 0.25) is 5.02 Å². The van der Waals surface area contributed by atoms with Crippen LogP contribution in [-0.2, 0) is 0 Å². The molecule has 0 saturated carbocycles. The zero-order valence-corrected chi connectivity index (χ0v) is 13.4. The largest absolute Gasteiger partial charge is 0.350 e. The Balaban J connectivity index is 1.96. The SMILES string of the molecule is CN(C)C1CCN(C(=O)c2[nH]c3cc(Cl)ccc3c2C=O)C1. The number of amides is 1. The van der Waals surface area contributed by atoms with Crippen LogP contribution in [0.4, 0.5) is 0 Å². The first-order chi connectivity index (χ1) is 10.5. The molecule has 0 spiro atoms. The lowest BCUT2D eigenvalue weighted by atomic mass is 10.1. The maximum absolute atomic E-state index is 12.7. The summed E-state index contributed by atoms with van der Waals surface area (Å²) in [7, 11) is 4.03. The summed E-state index contributed by atoms with van der Waals surface area (Å²) in [6.07, 6.45) is 1.68. The normalized spacial score (nSPS) is 18.4. The summed E-state index contributed by atoms with van der Waals surface area (Å²) in [5.41, 5.74) is 1.47. The van der Waals surface area contributed by atoms with Gasteiger partial charge in [0.2, 0.25) is 0 Å². The Morgan fingerprint density at radius 2 is 2.23 bits per heavy atom. The summed E-state index contributed by atoms with van der Waals surface area (Å²) in [4.78, 5) is 31.2. The molecule has 1 aliphatic rings. The minimum absolute atomic E-state index is 0.126. The molecular formula is C16H18ClN3O2. The molecule has 1 aliphatic heterocycles. The van der Waals surface area contributed by atoms with Crippen molar-refractivity contribution in [2.45, 2.75) is 12.5 Å². The molecule has 116 valence electrons. The van der Waals surface area contributed by atoms with Crippen molar-refractivity contribution in [1.82, 2.24) is 14.8 Å². The average Bonchev–Trinajstić information content (AvgIpc) is 3.10. The molecule has 1 atom stereocenters. The van der Waals surface area contributed by atoms with Crippen LogP contribution in [-0.4, -0.2) is 60.2 Å². The first-order valence-electron chi connectivity index (χ1n) is 7.23. The van der Waals surface area contributed by atoms with Crippen LogP contribution in [0.1, 0.15) is 27.3 Å². The number of aromatic amines is 1. The van der Waals surface area contributed by atoms with E-state index in [1.54, 1.807) is 23.1 Å². The third-order valence-electron chi connectivity index (χ3n) is 4.31. The molecule has 1 unspecified atom stereocenters. The van der Waals surface area contributed by atoms with Crippen molar-refractivity contribution in [2.75, 3.05) is 27.2 Å². The molecule has 1 aromatic carbocycles. The van der Waals surface area contributed by atoms with E-state index in [4.69, 9.17) is 11.6 Å². The second-order valence-electron chi connectivity index (χ2n) is 5.88. The Labute approximate surface area is 133 Å². The Morgan fingerprint density at radius 3 is 2.86 bits per heavy atom. The second kappa shape index (κ2) is 5.74. The molecule has 0 bridgehead atoms. The number of aldehydes is 1. The standard InChI is InChI=1S/C16H18ClN3O2/c1-19(2)11-5-6-20(8-11)16(22)15-13(9-21)12-4-3-10(17)7-14(12)18-15/h3-4,7,9,11,18H,5-6,8H2,1-2H3. The Kier molecular flexibility index (Phi) is 3.93. The van der Waals surface area contributed by atoms with E-state index < -0.39 is 0 Å². The van der Waals surface area contributed by atoms with Gasteiger partial charge in [-0.25, -0.2) is 0 Å². The van der Waals surface area contributed by atoms with E-state index in [0.717, 1.165) is 18.1 Å². The highest BCUT2D eigenvalue weighted by Gasteiger charge is 2.30. The van der Waals surface area contributed by atoms with Crippen molar-refractivity contribution in [3.8, 4) is 0 Å². The van der Waals surface area contributed by atoms with Gasteiger partial charge in [0.05, 0.1) is 5.56 Å². The van der Waals surface area contributed by atoms with Gasteiger partial charge >= 0.3 is 0 Å². The van der Waals surface area contributed by atoms with Gasteiger partial charge in [-0.05, 0) is 32.6 Å². The summed E-state index contributed by atoms with van der Waals surface area (Å²) < 4.78 is 0. The van der Waals surface area contributed by atoms with Gasteiger partial charge in [0.15, 0.2) is 6.29 Å². The second-order valence-corrected chi connectivity index (χ2v) is 6.32. The van der Waals surface area contributed by atoms with Gasteiger partial charge in [-0.15, -0.1) is 0 Å². The number of rotatable bonds is 3.